The summed E-state index contributed by atoms with van der Waals surface area (Å²) in [4.78, 5) is 14.1. The lowest BCUT2D eigenvalue weighted by Crippen LogP contribution is -2.43. The Morgan fingerprint density at radius 2 is 1.86 bits per heavy atom. The minimum atomic E-state index is -0.302. The Bertz CT molecular complexity index is 459. The van der Waals surface area contributed by atoms with Gasteiger partial charge in [0.1, 0.15) is 6.61 Å². The monoisotopic (exact) mass is 291 g/mol. The second-order valence-electron chi connectivity index (χ2n) is 6.23. The van der Waals surface area contributed by atoms with Gasteiger partial charge in [-0.1, -0.05) is 0 Å². The van der Waals surface area contributed by atoms with Gasteiger partial charge in [0.15, 0.2) is 0 Å². The van der Waals surface area contributed by atoms with Gasteiger partial charge in [-0.05, 0) is 45.0 Å². The molecule has 5 heteroatoms. The topological polar surface area (TPSA) is 53.6 Å². The number of nitrogens with zero attached hydrogens (tertiary/aromatic N) is 1. The number of anilines is 2. The van der Waals surface area contributed by atoms with Crippen LogP contribution in [0, 0.1) is 0 Å². The van der Waals surface area contributed by atoms with Crippen LogP contribution in [0.15, 0.2) is 24.3 Å². The van der Waals surface area contributed by atoms with Crippen LogP contribution in [0.2, 0.25) is 0 Å². The van der Waals surface area contributed by atoms with Crippen molar-refractivity contribution in [3.63, 3.8) is 0 Å². The van der Waals surface area contributed by atoms with Gasteiger partial charge in [0.25, 0.3) is 0 Å². The normalized spacial score (nSPS) is 15.9. The Morgan fingerprint density at radius 3 is 2.43 bits per heavy atom. The van der Waals surface area contributed by atoms with E-state index >= 15 is 0 Å². The molecule has 1 fully saturated rings. The number of carbonyl (C=O) groups excluding carboxylic acids is 1. The van der Waals surface area contributed by atoms with Crippen LogP contribution in [0.25, 0.3) is 0 Å². The number of carbonyl (C=O) groups is 1. The quantitative estimate of drug-likeness (QED) is 0.889. The zero-order chi connectivity index (χ0) is 15.3. The van der Waals surface area contributed by atoms with Crippen LogP contribution < -0.4 is 15.5 Å². The van der Waals surface area contributed by atoms with E-state index in [0.29, 0.717) is 0 Å². The lowest BCUT2D eigenvalue weighted by molar-refractivity contribution is -0.125. The summed E-state index contributed by atoms with van der Waals surface area (Å²) in [5.41, 5.74) is 1.69. The summed E-state index contributed by atoms with van der Waals surface area (Å²) in [6, 6.07) is 7.97. The summed E-state index contributed by atoms with van der Waals surface area (Å²) in [5, 5.41) is 6.19. The largest absolute Gasteiger partial charge is 0.369 e. The highest BCUT2D eigenvalue weighted by Gasteiger charge is 2.13. The fraction of sp³-hybridized carbons (Fsp3) is 0.562. The first-order valence-corrected chi connectivity index (χ1v) is 7.44. The molecular formula is C16H25N3O2. The molecule has 0 saturated carbocycles. The highest BCUT2D eigenvalue weighted by Crippen LogP contribution is 2.18. The van der Waals surface area contributed by atoms with Crippen molar-refractivity contribution in [3.8, 4) is 0 Å². The van der Waals surface area contributed by atoms with Gasteiger partial charge in [0.2, 0.25) is 5.91 Å². The first kappa shape index (κ1) is 15.8. The number of piperazine rings is 1. The lowest BCUT2D eigenvalue weighted by atomic mass is 10.2. The van der Waals surface area contributed by atoms with Gasteiger partial charge in [-0.15, -0.1) is 0 Å². The molecule has 0 unspecified atom stereocenters. The maximum atomic E-state index is 11.8. The van der Waals surface area contributed by atoms with E-state index in [0.717, 1.165) is 31.9 Å². The van der Waals surface area contributed by atoms with Crippen LogP contribution in [0.3, 0.4) is 0 Å². The van der Waals surface area contributed by atoms with Crippen molar-refractivity contribution >= 4 is 17.3 Å². The molecular weight excluding hydrogens is 266 g/mol. The standard InChI is InChI=1S/C16H25N3O2/c1-16(2,3)21-12-15(20)18-13-4-6-14(7-5-13)19-10-8-17-9-11-19/h4-7,17H,8-12H2,1-3H3,(H,18,20). The van der Waals surface area contributed by atoms with Crippen molar-refractivity contribution < 1.29 is 9.53 Å². The molecule has 0 aliphatic carbocycles. The van der Waals surface area contributed by atoms with Crippen molar-refractivity contribution in [2.24, 2.45) is 0 Å². The number of hydrogen-bond donors (Lipinski definition) is 2. The molecule has 1 saturated heterocycles. The Labute approximate surface area is 126 Å². The van der Waals surface area contributed by atoms with Crippen molar-refractivity contribution in [2.75, 3.05) is 43.0 Å². The summed E-state index contributed by atoms with van der Waals surface area (Å²) in [7, 11) is 0. The Kier molecular flexibility index (Phi) is 5.20. The van der Waals surface area contributed by atoms with Gasteiger partial charge in [-0.3, -0.25) is 4.79 Å². The Morgan fingerprint density at radius 1 is 1.24 bits per heavy atom. The summed E-state index contributed by atoms with van der Waals surface area (Å²) < 4.78 is 5.46. The second-order valence-corrected chi connectivity index (χ2v) is 6.23. The summed E-state index contributed by atoms with van der Waals surface area (Å²) in [6.45, 7) is 9.94. The molecule has 0 atom stereocenters. The Balaban J connectivity index is 1.85. The van der Waals surface area contributed by atoms with Crippen LogP contribution in [0.4, 0.5) is 11.4 Å². The average molecular weight is 291 g/mol. The number of nitrogens with one attached hydrogen (secondary N) is 2. The molecule has 1 aromatic carbocycles. The third-order valence-electron chi connectivity index (χ3n) is 3.27. The molecule has 21 heavy (non-hydrogen) atoms. The Hall–Kier alpha value is -1.59. The number of hydrogen-bond acceptors (Lipinski definition) is 4. The molecule has 1 heterocycles. The molecule has 1 aliphatic rings. The van der Waals surface area contributed by atoms with Crippen molar-refractivity contribution in [3.05, 3.63) is 24.3 Å². The van der Waals surface area contributed by atoms with Crippen LogP contribution in [-0.2, 0) is 9.53 Å². The van der Waals surface area contributed by atoms with E-state index in [4.69, 9.17) is 4.74 Å². The van der Waals surface area contributed by atoms with Crippen molar-refractivity contribution in [1.82, 2.24) is 5.32 Å². The number of benzene rings is 1. The molecule has 116 valence electrons. The molecule has 2 N–H and O–H groups in total. The lowest BCUT2D eigenvalue weighted by Gasteiger charge is -2.29. The van der Waals surface area contributed by atoms with Gasteiger partial charge in [-0.25, -0.2) is 0 Å². The van der Waals surface area contributed by atoms with Gasteiger partial charge >= 0.3 is 0 Å². The molecule has 1 aliphatic heterocycles. The average Bonchev–Trinajstić information content (AvgIpc) is 2.46. The van der Waals surface area contributed by atoms with E-state index in [1.807, 2.05) is 45.0 Å². The van der Waals surface area contributed by atoms with E-state index in [1.165, 1.54) is 5.69 Å². The first-order chi connectivity index (χ1) is 9.94. The smallest absolute Gasteiger partial charge is 0.250 e. The van der Waals surface area contributed by atoms with E-state index in [2.05, 4.69) is 15.5 Å². The highest BCUT2D eigenvalue weighted by atomic mass is 16.5. The second kappa shape index (κ2) is 6.91. The number of amides is 1. The van der Waals surface area contributed by atoms with Crippen molar-refractivity contribution in [2.45, 2.75) is 26.4 Å². The maximum Gasteiger partial charge on any atom is 0.250 e. The molecule has 0 aromatic heterocycles. The van der Waals surface area contributed by atoms with Gasteiger partial charge < -0.3 is 20.3 Å². The summed E-state index contributed by atoms with van der Waals surface area (Å²) in [5.74, 6) is -0.125. The maximum absolute atomic E-state index is 11.8. The minimum Gasteiger partial charge on any atom is -0.369 e. The fourth-order valence-electron chi connectivity index (χ4n) is 2.16. The summed E-state index contributed by atoms with van der Waals surface area (Å²) >= 11 is 0. The SMILES string of the molecule is CC(C)(C)OCC(=O)Nc1ccc(N2CCNCC2)cc1. The van der Waals surface area contributed by atoms with E-state index in [9.17, 15) is 4.79 Å². The van der Waals surface area contributed by atoms with Gasteiger partial charge in [-0.2, -0.15) is 0 Å². The van der Waals surface area contributed by atoms with Crippen LogP contribution in [-0.4, -0.2) is 44.3 Å². The predicted molar refractivity (Wildman–Crippen MR) is 85.9 cm³/mol. The van der Waals surface area contributed by atoms with Gasteiger partial charge in [0.05, 0.1) is 5.60 Å². The summed E-state index contributed by atoms with van der Waals surface area (Å²) in [6.07, 6.45) is 0. The zero-order valence-corrected chi connectivity index (χ0v) is 13.1. The molecule has 0 radical (unpaired) electrons. The molecule has 2 rings (SSSR count). The third kappa shape index (κ3) is 5.36. The first-order valence-electron chi connectivity index (χ1n) is 7.44. The number of ether oxygens (including phenoxy) is 1. The number of rotatable bonds is 4. The molecule has 1 amide bonds. The zero-order valence-electron chi connectivity index (χ0n) is 13.1. The predicted octanol–water partition coefficient (Wildman–Crippen LogP) is 1.85. The highest BCUT2D eigenvalue weighted by molar-refractivity contribution is 5.91. The van der Waals surface area contributed by atoms with E-state index in [1.54, 1.807) is 0 Å². The van der Waals surface area contributed by atoms with Crippen molar-refractivity contribution in [1.29, 1.82) is 0 Å². The van der Waals surface area contributed by atoms with E-state index < -0.39 is 0 Å². The van der Waals surface area contributed by atoms with E-state index in [-0.39, 0.29) is 18.1 Å². The fourth-order valence-corrected chi connectivity index (χ4v) is 2.16. The van der Waals surface area contributed by atoms with Gasteiger partial charge in [0, 0.05) is 37.6 Å². The van der Waals surface area contributed by atoms with Crippen LogP contribution in [0.1, 0.15) is 20.8 Å². The molecule has 1 aromatic rings. The molecule has 0 spiro atoms. The third-order valence-corrected chi connectivity index (χ3v) is 3.27. The van der Waals surface area contributed by atoms with Crippen LogP contribution >= 0.6 is 0 Å². The van der Waals surface area contributed by atoms with Crippen LogP contribution in [0.5, 0.6) is 0 Å². The molecule has 5 nitrogen and oxygen atoms in total. The molecule has 0 bridgehead atoms. The minimum absolute atomic E-state index is 0.0725.